The molecule has 106 valence electrons. The van der Waals surface area contributed by atoms with Gasteiger partial charge in [-0.1, -0.05) is 6.07 Å². The third kappa shape index (κ3) is 3.33. The molecule has 1 aromatic carbocycles. The van der Waals surface area contributed by atoms with Gasteiger partial charge in [-0.3, -0.25) is 14.8 Å². The lowest BCUT2D eigenvalue weighted by molar-refractivity contribution is -0.386. The Balaban J connectivity index is 2.18. The van der Waals surface area contributed by atoms with Crippen LogP contribution in [0.2, 0.25) is 0 Å². The Morgan fingerprint density at radius 3 is 2.85 bits per heavy atom. The average molecular weight is 276 g/mol. The van der Waals surface area contributed by atoms with Gasteiger partial charge in [-0.05, 0) is 24.7 Å². The number of nitro groups is 1. The van der Waals surface area contributed by atoms with Gasteiger partial charge in [0.05, 0.1) is 10.6 Å². The highest BCUT2D eigenvalue weighted by Crippen LogP contribution is 2.28. The summed E-state index contributed by atoms with van der Waals surface area (Å²) in [6.07, 6.45) is 1.80. The second kappa shape index (κ2) is 6.16. The number of benzene rings is 1. The molecule has 2 rings (SSSR count). The van der Waals surface area contributed by atoms with E-state index >= 15 is 0 Å². The molecule has 1 aromatic heterocycles. The third-order valence-corrected chi connectivity index (χ3v) is 2.75. The Morgan fingerprint density at radius 1 is 1.45 bits per heavy atom. The fourth-order valence-electron chi connectivity index (χ4n) is 1.83. The molecule has 0 aliphatic carbocycles. The number of nitrogens with one attached hydrogen (secondary N) is 1. The molecule has 0 aliphatic rings. The highest BCUT2D eigenvalue weighted by molar-refractivity contribution is 5.48. The predicted molar refractivity (Wildman–Crippen MR) is 73.4 cm³/mol. The zero-order chi connectivity index (χ0) is 14.5. The zero-order valence-electron chi connectivity index (χ0n) is 11.4. The van der Waals surface area contributed by atoms with Crippen LogP contribution in [0.1, 0.15) is 11.3 Å². The number of rotatable bonds is 6. The van der Waals surface area contributed by atoms with Crippen molar-refractivity contribution in [3.05, 3.63) is 51.8 Å². The maximum atomic E-state index is 11.0. The van der Waals surface area contributed by atoms with Gasteiger partial charge in [-0.25, -0.2) is 0 Å². The first kappa shape index (κ1) is 14.0. The van der Waals surface area contributed by atoms with Crippen LogP contribution in [0.4, 0.5) is 5.69 Å². The van der Waals surface area contributed by atoms with E-state index in [2.05, 4.69) is 10.4 Å². The van der Waals surface area contributed by atoms with Gasteiger partial charge in [0.2, 0.25) is 0 Å². The molecule has 0 saturated heterocycles. The van der Waals surface area contributed by atoms with E-state index in [1.54, 1.807) is 30.1 Å². The van der Waals surface area contributed by atoms with Crippen LogP contribution in [-0.2, 0) is 20.2 Å². The van der Waals surface area contributed by atoms with Gasteiger partial charge in [-0.2, -0.15) is 5.10 Å². The van der Waals surface area contributed by atoms with Crippen molar-refractivity contribution in [2.75, 3.05) is 7.05 Å². The van der Waals surface area contributed by atoms with E-state index < -0.39 is 4.92 Å². The zero-order valence-corrected chi connectivity index (χ0v) is 11.4. The maximum absolute atomic E-state index is 11.0. The van der Waals surface area contributed by atoms with Crippen molar-refractivity contribution >= 4 is 5.69 Å². The van der Waals surface area contributed by atoms with Crippen LogP contribution < -0.4 is 10.1 Å². The first-order valence-corrected chi connectivity index (χ1v) is 6.13. The summed E-state index contributed by atoms with van der Waals surface area (Å²) in [5.41, 5.74) is 1.61. The average Bonchev–Trinajstić information content (AvgIpc) is 2.82. The summed E-state index contributed by atoms with van der Waals surface area (Å²) in [7, 11) is 3.62. The van der Waals surface area contributed by atoms with Gasteiger partial charge in [-0.15, -0.1) is 0 Å². The Labute approximate surface area is 116 Å². The summed E-state index contributed by atoms with van der Waals surface area (Å²) in [5, 5.41) is 18.2. The second-order valence-electron chi connectivity index (χ2n) is 4.36. The number of hydrogen-bond donors (Lipinski definition) is 1. The molecular formula is C13H16N4O3. The van der Waals surface area contributed by atoms with E-state index in [1.807, 2.05) is 13.1 Å². The van der Waals surface area contributed by atoms with Crippen molar-refractivity contribution in [3.8, 4) is 5.75 Å². The lowest BCUT2D eigenvalue weighted by Gasteiger charge is -2.07. The second-order valence-corrected chi connectivity index (χ2v) is 4.36. The van der Waals surface area contributed by atoms with E-state index in [9.17, 15) is 10.1 Å². The first-order valence-electron chi connectivity index (χ1n) is 6.13. The van der Waals surface area contributed by atoms with Gasteiger partial charge in [0, 0.05) is 25.9 Å². The monoisotopic (exact) mass is 276 g/mol. The van der Waals surface area contributed by atoms with Crippen LogP contribution in [0.5, 0.6) is 5.75 Å². The van der Waals surface area contributed by atoms with E-state index in [0.29, 0.717) is 6.54 Å². The van der Waals surface area contributed by atoms with Crippen molar-refractivity contribution in [1.29, 1.82) is 0 Å². The Morgan fingerprint density at radius 2 is 2.25 bits per heavy atom. The molecule has 2 aromatic rings. The van der Waals surface area contributed by atoms with Crippen LogP contribution in [0, 0.1) is 10.1 Å². The first-order chi connectivity index (χ1) is 9.60. The number of nitrogens with zero attached hydrogens (tertiary/aromatic N) is 3. The number of nitro benzene ring substituents is 1. The molecule has 0 atom stereocenters. The topological polar surface area (TPSA) is 82.2 Å². The Bertz CT molecular complexity index is 609. The molecule has 7 heteroatoms. The standard InChI is InChI=1S/C13H16N4O3/c1-14-8-10-3-4-12(17(18)19)13(7-10)20-9-11-5-6-16(2)15-11/h3-7,14H,8-9H2,1-2H3. The molecule has 1 N–H and O–H groups in total. The predicted octanol–water partition coefficient (Wildman–Crippen LogP) is 1.63. The lowest BCUT2D eigenvalue weighted by atomic mass is 10.2. The van der Waals surface area contributed by atoms with Crippen molar-refractivity contribution in [1.82, 2.24) is 15.1 Å². The number of aromatic nitrogens is 2. The maximum Gasteiger partial charge on any atom is 0.310 e. The van der Waals surface area contributed by atoms with Crippen LogP contribution in [0.25, 0.3) is 0 Å². The fraction of sp³-hybridized carbons (Fsp3) is 0.308. The van der Waals surface area contributed by atoms with Crippen LogP contribution >= 0.6 is 0 Å². The van der Waals surface area contributed by atoms with Gasteiger partial charge in [0.25, 0.3) is 0 Å². The van der Waals surface area contributed by atoms with Crippen molar-refractivity contribution in [3.63, 3.8) is 0 Å². The highest BCUT2D eigenvalue weighted by Gasteiger charge is 2.16. The summed E-state index contributed by atoms with van der Waals surface area (Å²) in [4.78, 5) is 10.5. The summed E-state index contributed by atoms with van der Waals surface area (Å²) in [6, 6.07) is 6.66. The minimum atomic E-state index is -0.448. The number of ether oxygens (including phenoxy) is 1. The molecule has 1 heterocycles. The molecule has 0 saturated carbocycles. The highest BCUT2D eigenvalue weighted by atomic mass is 16.6. The molecule has 20 heavy (non-hydrogen) atoms. The Kier molecular flexibility index (Phi) is 4.31. The summed E-state index contributed by atoms with van der Waals surface area (Å²) < 4.78 is 7.20. The third-order valence-electron chi connectivity index (χ3n) is 2.75. The van der Waals surface area contributed by atoms with Crippen LogP contribution in [0.15, 0.2) is 30.5 Å². The molecule has 0 bridgehead atoms. The Hall–Kier alpha value is -2.41. The molecule has 0 radical (unpaired) electrons. The van der Waals surface area contributed by atoms with Crippen molar-refractivity contribution < 1.29 is 9.66 Å². The SMILES string of the molecule is CNCc1ccc([N+](=O)[O-])c(OCc2ccn(C)n2)c1. The molecular weight excluding hydrogens is 260 g/mol. The van der Waals surface area contributed by atoms with Gasteiger partial charge < -0.3 is 10.1 Å². The van der Waals surface area contributed by atoms with Gasteiger partial charge >= 0.3 is 5.69 Å². The lowest BCUT2D eigenvalue weighted by Crippen LogP contribution is -2.06. The molecule has 7 nitrogen and oxygen atoms in total. The molecule has 0 amide bonds. The summed E-state index contributed by atoms with van der Waals surface area (Å²) in [6.45, 7) is 0.822. The summed E-state index contributed by atoms with van der Waals surface area (Å²) in [5.74, 6) is 0.258. The smallest absolute Gasteiger partial charge is 0.310 e. The minimum absolute atomic E-state index is 0.0409. The van der Waals surface area contributed by atoms with Gasteiger partial charge in [0.1, 0.15) is 6.61 Å². The summed E-state index contributed by atoms with van der Waals surface area (Å²) >= 11 is 0. The van der Waals surface area contributed by atoms with Gasteiger partial charge in [0.15, 0.2) is 5.75 Å². The van der Waals surface area contributed by atoms with E-state index in [4.69, 9.17) is 4.74 Å². The molecule has 0 spiro atoms. The molecule has 0 unspecified atom stereocenters. The van der Waals surface area contributed by atoms with Crippen LogP contribution in [0.3, 0.4) is 0 Å². The largest absolute Gasteiger partial charge is 0.480 e. The fourth-order valence-corrected chi connectivity index (χ4v) is 1.83. The number of aryl methyl sites for hydroxylation is 1. The number of hydrogen-bond acceptors (Lipinski definition) is 5. The van der Waals surface area contributed by atoms with Crippen molar-refractivity contribution in [2.24, 2.45) is 7.05 Å². The van der Waals surface area contributed by atoms with E-state index in [1.165, 1.54) is 6.07 Å². The normalized spacial score (nSPS) is 10.5. The van der Waals surface area contributed by atoms with Crippen molar-refractivity contribution in [2.45, 2.75) is 13.2 Å². The molecule has 0 fully saturated rings. The quantitative estimate of drug-likeness (QED) is 0.640. The molecule has 0 aliphatic heterocycles. The minimum Gasteiger partial charge on any atom is -0.480 e. The van der Waals surface area contributed by atoms with Crippen LogP contribution in [-0.4, -0.2) is 21.8 Å². The van der Waals surface area contributed by atoms with E-state index in [-0.39, 0.29) is 18.0 Å². The van der Waals surface area contributed by atoms with E-state index in [0.717, 1.165) is 11.3 Å².